The zero-order valence-electron chi connectivity index (χ0n) is 44.6. The van der Waals surface area contributed by atoms with E-state index in [0.29, 0.717) is 23.7 Å². The smallest absolute Gasteiger partial charge is 0.407 e. The lowest BCUT2D eigenvalue weighted by Gasteiger charge is -2.38. The molecule has 2 aromatic heterocycles. The Morgan fingerprint density at radius 2 is 1.46 bits per heavy atom. The number of nitrogens with zero attached hydrogens (tertiary/aromatic N) is 6. The van der Waals surface area contributed by atoms with Crippen LogP contribution in [0.3, 0.4) is 0 Å². The summed E-state index contributed by atoms with van der Waals surface area (Å²) in [5.41, 5.74) is 1.63. The number of hydrogen-bond donors (Lipinski definition) is 3. The third-order valence-corrected chi connectivity index (χ3v) is 16.3. The first-order valence-corrected chi connectivity index (χ1v) is 30.2. The summed E-state index contributed by atoms with van der Waals surface area (Å²) in [6, 6.07) is 36.1. The molecule has 0 bridgehead atoms. The molecule has 0 saturated carbocycles. The molecular weight excluding hydrogens is 1010 g/mol. The Labute approximate surface area is 446 Å². The largest absolute Gasteiger partial charge is 0.497 e. The average molecular weight is 1080 g/mol. The van der Waals surface area contributed by atoms with Crippen LogP contribution in [0.1, 0.15) is 67.4 Å². The SMILES string of the molecule is COc1ccc(C(OC[C@H]2O[C@@H](n3cnc4c(NC(=O)c5ccccc5)nc(NCCNC(=O)OCC[Si](C)(C)C)nc43)[C@@H](OP(OCCC#N)N(C(C)C)C(C)C)[C@H]2F)(c2ccccc2)c2ccc(OC)cc2)cc1. The molecule has 76 heavy (non-hydrogen) atoms. The Morgan fingerprint density at radius 3 is 2.04 bits per heavy atom. The van der Waals surface area contributed by atoms with Crippen molar-refractivity contribution >= 4 is 51.5 Å². The third kappa shape index (κ3) is 14.1. The van der Waals surface area contributed by atoms with Crippen molar-refractivity contribution in [3.63, 3.8) is 0 Å². The first kappa shape index (κ1) is 57.1. The number of nitrogens with one attached hydrogen (secondary N) is 3. The van der Waals surface area contributed by atoms with Crippen molar-refractivity contribution in [3.8, 4) is 17.6 Å². The average Bonchev–Trinajstić information content (AvgIpc) is 3.98. The molecule has 3 heterocycles. The van der Waals surface area contributed by atoms with Gasteiger partial charge in [0.25, 0.3) is 14.4 Å². The van der Waals surface area contributed by atoms with E-state index in [1.165, 1.54) is 6.33 Å². The molecule has 5 atom stereocenters. The van der Waals surface area contributed by atoms with Gasteiger partial charge in [-0.05, 0) is 86.8 Å². The summed E-state index contributed by atoms with van der Waals surface area (Å²) in [5.74, 6) is 0.947. The highest BCUT2D eigenvalue weighted by molar-refractivity contribution is 7.44. The summed E-state index contributed by atoms with van der Waals surface area (Å²) >= 11 is 0. The van der Waals surface area contributed by atoms with Gasteiger partial charge in [-0.3, -0.25) is 9.36 Å². The highest BCUT2D eigenvalue weighted by Crippen LogP contribution is 2.52. The summed E-state index contributed by atoms with van der Waals surface area (Å²) in [5, 5.41) is 18.3. The van der Waals surface area contributed by atoms with Crippen LogP contribution in [0.25, 0.3) is 11.2 Å². The fraction of sp³-hybridized carbons (Fsp3) is 0.418. The number of aromatic nitrogens is 4. The minimum Gasteiger partial charge on any atom is -0.497 e. The summed E-state index contributed by atoms with van der Waals surface area (Å²) in [7, 11) is -0.247. The third-order valence-electron chi connectivity index (χ3n) is 12.5. The number of benzene rings is 4. The Kier molecular flexibility index (Phi) is 19.9. The van der Waals surface area contributed by atoms with E-state index < -0.39 is 58.8 Å². The molecule has 1 aliphatic rings. The number of imidazole rings is 1. The quantitative estimate of drug-likeness (QED) is 0.0200. The summed E-state index contributed by atoms with van der Waals surface area (Å²) < 4.78 is 65.6. The van der Waals surface area contributed by atoms with Crippen LogP contribution >= 0.6 is 8.53 Å². The Balaban J connectivity index is 1.30. The van der Waals surface area contributed by atoms with E-state index in [9.17, 15) is 14.9 Å². The maximum atomic E-state index is 18.2. The first-order chi connectivity index (χ1) is 36.6. The summed E-state index contributed by atoms with van der Waals surface area (Å²) in [6.45, 7) is 15.0. The van der Waals surface area contributed by atoms with Crippen LogP contribution in [0.5, 0.6) is 11.5 Å². The fourth-order valence-electron chi connectivity index (χ4n) is 8.72. The lowest BCUT2D eigenvalue weighted by molar-refractivity contribution is -0.0887. The predicted molar refractivity (Wildman–Crippen MR) is 293 cm³/mol. The molecule has 1 saturated heterocycles. The van der Waals surface area contributed by atoms with E-state index in [4.69, 9.17) is 42.7 Å². The number of rotatable bonds is 26. The van der Waals surface area contributed by atoms with E-state index in [0.717, 1.165) is 22.7 Å². The van der Waals surface area contributed by atoms with E-state index >= 15 is 4.39 Å². The number of ether oxygens (including phenoxy) is 5. The van der Waals surface area contributed by atoms with Gasteiger partial charge in [-0.15, -0.1) is 0 Å². The van der Waals surface area contributed by atoms with Crippen LogP contribution in [0.4, 0.5) is 21.0 Å². The molecule has 0 radical (unpaired) electrons. The maximum absolute atomic E-state index is 18.2. The highest BCUT2D eigenvalue weighted by atomic mass is 31.2. The molecule has 18 nitrogen and oxygen atoms in total. The van der Waals surface area contributed by atoms with Crippen LogP contribution in [0.15, 0.2) is 116 Å². The summed E-state index contributed by atoms with van der Waals surface area (Å²) in [4.78, 5) is 40.5. The minimum atomic E-state index is -2.02. The minimum absolute atomic E-state index is 0.0367. The van der Waals surface area contributed by atoms with Crippen LogP contribution in [-0.4, -0.2) is 122 Å². The van der Waals surface area contributed by atoms with Gasteiger partial charge in [0.15, 0.2) is 29.4 Å². The normalized spacial score (nSPS) is 17.2. The fourth-order valence-corrected chi connectivity index (χ4v) is 11.2. The van der Waals surface area contributed by atoms with Crippen molar-refractivity contribution in [2.24, 2.45) is 0 Å². The van der Waals surface area contributed by atoms with Gasteiger partial charge in [-0.25, -0.2) is 18.8 Å². The molecule has 2 amide bonds. The van der Waals surface area contributed by atoms with Crippen molar-refractivity contribution in [1.82, 2.24) is 29.5 Å². The second-order valence-electron chi connectivity index (χ2n) is 19.8. The van der Waals surface area contributed by atoms with Crippen molar-refractivity contribution in [1.29, 1.82) is 5.26 Å². The van der Waals surface area contributed by atoms with E-state index in [-0.39, 0.29) is 67.7 Å². The second kappa shape index (κ2) is 26.5. The number of anilines is 2. The van der Waals surface area contributed by atoms with E-state index in [1.807, 2.05) is 111 Å². The lowest BCUT2D eigenvalue weighted by atomic mass is 9.80. The zero-order chi connectivity index (χ0) is 54.4. The van der Waals surface area contributed by atoms with E-state index in [1.54, 1.807) is 49.1 Å². The monoisotopic (exact) mass is 1080 g/mol. The zero-order valence-corrected chi connectivity index (χ0v) is 46.5. The maximum Gasteiger partial charge on any atom is 0.407 e. The summed E-state index contributed by atoms with van der Waals surface area (Å²) in [6.07, 6.45) is -4.80. The lowest BCUT2D eigenvalue weighted by Crippen LogP contribution is -2.39. The Bertz CT molecular complexity index is 2800. The van der Waals surface area contributed by atoms with Crippen molar-refractivity contribution in [3.05, 3.63) is 138 Å². The molecular formula is C55H69FN9O9PSi. The van der Waals surface area contributed by atoms with E-state index in [2.05, 4.69) is 46.6 Å². The van der Waals surface area contributed by atoms with Gasteiger partial charge >= 0.3 is 6.09 Å². The number of amides is 2. The first-order valence-electron chi connectivity index (χ1n) is 25.3. The molecule has 21 heteroatoms. The van der Waals surface area contributed by atoms with Crippen LogP contribution in [-0.2, 0) is 28.9 Å². The molecule has 1 aliphatic heterocycles. The number of carbonyl (C=O) groups is 2. The van der Waals surface area contributed by atoms with Gasteiger partial charge in [-0.1, -0.05) is 92.4 Å². The number of hydrogen-bond acceptors (Lipinski definition) is 15. The molecule has 1 fully saturated rings. The van der Waals surface area contributed by atoms with Gasteiger partial charge in [0.2, 0.25) is 5.95 Å². The number of alkyl halides is 1. The second-order valence-corrected chi connectivity index (χ2v) is 26.8. The van der Waals surface area contributed by atoms with Gasteiger partial charge < -0.3 is 48.7 Å². The number of halogens is 1. The Morgan fingerprint density at radius 1 is 0.855 bits per heavy atom. The van der Waals surface area contributed by atoms with Crippen molar-refractivity contribution < 1.29 is 46.7 Å². The number of nitriles is 1. The van der Waals surface area contributed by atoms with Crippen LogP contribution in [0.2, 0.25) is 25.7 Å². The van der Waals surface area contributed by atoms with Crippen LogP contribution < -0.4 is 25.4 Å². The number of fused-ring (bicyclic) bond motifs is 1. The molecule has 4 aromatic carbocycles. The number of carbonyl (C=O) groups excluding carboxylic acids is 2. The van der Waals surface area contributed by atoms with Crippen molar-refractivity contribution in [2.45, 2.75) is 102 Å². The van der Waals surface area contributed by atoms with Crippen molar-refractivity contribution in [2.75, 3.05) is 57.8 Å². The molecule has 7 rings (SSSR count). The molecule has 6 aromatic rings. The topological polar surface area (TPSA) is 205 Å². The van der Waals surface area contributed by atoms with Crippen LogP contribution in [0, 0.1) is 11.3 Å². The van der Waals surface area contributed by atoms with Gasteiger partial charge in [0.1, 0.15) is 29.3 Å². The Hall–Kier alpha value is -6.56. The molecule has 404 valence electrons. The number of alkyl carbamates (subject to hydrolysis) is 1. The highest BCUT2D eigenvalue weighted by Gasteiger charge is 2.51. The molecule has 3 N–H and O–H groups in total. The molecule has 0 aliphatic carbocycles. The molecule has 1 unspecified atom stereocenters. The van der Waals surface area contributed by atoms with Gasteiger partial charge in [-0.2, -0.15) is 15.2 Å². The van der Waals surface area contributed by atoms with Gasteiger partial charge in [0.05, 0.1) is 52.9 Å². The number of methoxy groups -OCH3 is 2. The molecule has 0 spiro atoms. The predicted octanol–water partition coefficient (Wildman–Crippen LogP) is 10.5. The standard InChI is InChI=1S/C55H69FN9O9PSi/c1-37(2)65(38(3)4)75(72-32-16-29-57)74-48-46(56)45(35-71-55(40-19-14-11-15-20-40,41-21-25-43(68-5)26-22-41)42-23-27-44(69-6)28-24-42)73-52(48)64-36-60-47-49(61-51(66)39-17-12-10-13-18-39)62-53(63-50(47)64)58-30-31-59-54(67)70-33-34-76(7,8)9/h10-15,17-28,36-38,45-46,48,52H,16,30-35H2,1-9H3,(H,59,67)(H2,58,61,62,63,66)/t45-,46+,48+,52-,75?/m1/s1. The van der Waals surface area contributed by atoms with Gasteiger partial charge in [0, 0.05) is 38.8 Å².